The summed E-state index contributed by atoms with van der Waals surface area (Å²) in [5.74, 6) is -1.10. The maximum Gasteiger partial charge on any atom is 0.243 e. The number of halogens is 2. The Hall–Kier alpha value is -2.10. The van der Waals surface area contributed by atoms with Gasteiger partial charge in [0.15, 0.2) is 0 Å². The quantitative estimate of drug-likeness (QED) is 0.809. The number of anilines is 1. The Morgan fingerprint density at radius 2 is 1.85 bits per heavy atom. The number of likely N-dealkylation sites (N-methyl/N-ethyl adjacent to an activating group) is 1. The fourth-order valence-corrected chi connectivity index (χ4v) is 4.03. The van der Waals surface area contributed by atoms with Crippen molar-refractivity contribution in [3.05, 3.63) is 53.7 Å². The lowest BCUT2D eigenvalue weighted by Gasteiger charge is -2.34. The number of benzene rings is 1. The molecule has 27 heavy (non-hydrogen) atoms. The lowest BCUT2D eigenvalue weighted by molar-refractivity contribution is 0.270. The zero-order valence-corrected chi connectivity index (χ0v) is 15.8. The van der Waals surface area contributed by atoms with Crippen LogP contribution in [0, 0.1) is 11.6 Å². The van der Waals surface area contributed by atoms with Crippen molar-refractivity contribution in [3.63, 3.8) is 0 Å². The molecular weight excluding hydrogens is 374 g/mol. The van der Waals surface area contributed by atoms with Crippen molar-refractivity contribution in [2.75, 3.05) is 37.6 Å². The van der Waals surface area contributed by atoms with E-state index in [0.717, 1.165) is 50.7 Å². The van der Waals surface area contributed by atoms with Crippen LogP contribution in [0.3, 0.4) is 0 Å². The minimum atomic E-state index is -4.08. The van der Waals surface area contributed by atoms with Crippen LogP contribution in [0.2, 0.25) is 0 Å². The van der Waals surface area contributed by atoms with E-state index in [1.807, 2.05) is 6.07 Å². The number of hydrogen-bond donors (Lipinski definition) is 1. The van der Waals surface area contributed by atoms with Crippen molar-refractivity contribution in [2.24, 2.45) is 0 Å². The summed E-state index contributed by atoms with van der Waals surface area (Å²) < 4.78 is 53.4. The highest BCUT2D eigenvalue weighted by Gasteiger charge is 2.20. The number of rotatable bonds is 6. The fourth-order valence-electron chi connectivity index (χ4n) is 2.95. The van der Waals surface area contributed by atoms with Crippen molar-refractivity contribution in [2.45, 2.75) is 18.4 Å². The van der Waals surface area contributed by atoms with Gasteiger partial charge in [-0.2, -0.15) is 0 Å². The van der Waals surface area contributed by atoms with E-state index in [4.69, 9.17) is 0 Å². The first-order valence-electron chi connectivity index (χ1n) is 8.76. The summed E-state index contributed by atoms with van der Waals surface area (Å²) >= 11 is 0. The van der Waals surface area contributed by atoms with Gasteiger partial charge in [0.05, 0.1) is 0 Å². The minimum absolute atomic E-state index is 0.0317. The molecule has 9 heteroatoms. The second-order valence-corrected chi connectivity index (χ2v) is 8.08. The molecule has 0 unspecified atom stereocenters. The molecule has 3 rings (SSSR count). The van der Waals surface area contributed by atoms with Gasteiger partial charge >= 0.3 is 0 Å². The predicted octanol–water partition coefficient (Wildman–Crippen LogP) is 1.98. The molecule has 6 nitrogen and oxygen atoms in total. The normalized spacial score (nSPS) is 15.9. The van der Waals surface area contributed by atoms with Gasteiger partial charge in [0.25, 0.3) is 0 Å². The number of piperazine rings is 1. The summed E-state index contributed by atoms with van der Waals surface area (Å²) in [6.07, 6.45) is 1.60. The van der Waals surface area contributed by atoms with Crippen molar-refractivity contribution >= 4 is 15.8 Å². The van der Waals surface area contributed by atoms with Crippen LogP contribution in [0.5, 0.6) is 0 Å². The average molecular weight is 396 g/mol. The Kier molecular flexibility index (Phi) is 6.03. The molecule has 0 saturated carbocycles. The van der Waals surface area contributed by atoms with Crippen molar-refractivity contribution in [1.29, 1.82) is 0 Å². The molecule has 0 bridgehead atoms. The maximum absolute atomic E-state index is 13.7. The van der Waals surface area contributed by atoms with E-state index in [9.17, 15) is 17.2 Å². The molecule has 0 radical (unpaired) electrons. The lowest BCUT2D eigenvalue weighted by Crippen LogP contribution is -2.46. The molecule has 0 spiro atoms. The number of hydrogen-bond acceptors (Lipinski definition) is 5. The topological polar surface area (TPSA) is 65.5 Å². The first-order valence-corrected chi connectivity index (χ1v) is 10.2. The predicted molar refractivity (Wildman–Crippen MR) is 98.9 cm³/mol. The van der Waals surface area contributed by atoms with E-state index < -0.39 is 26.6 Å². The van der Waals surface area contributed by atoms with Gasteiger partial charge in [0.2, 0.25) is 10.0 Å². The van der Waals surface area contributed by atoms with Gasteiger partial charge in [-0.1, -0.05) is 13.0 Å². The number of nitrogens with zero attached hydrogens (tertiary/aromatic N) is 3. The van der Waals surface area contributed by atoms with E-state index in [-0.39, 0.29) is 6.54 Å². The third-order valence-electron chi connectivity index (χ3n) is 4.60. The van der Waals surface area contributed by atoms with Gasteiger partial charge in [-0.05, 0) is 30.3 Å². The largest absolute Gasteiger partial charge is 0.354 e. The molecule has 0 amide bonds. The summed E-state index contributed by atoms with van der Waals surface area (Å²) in [6.45, 7) is 6.92. The number of pyridine rings is 1. The van der Waals surface area contributed by atoms with E-state index >= 15 is 0 Å². The Labute approximate surface area is 157 Å². The van der Waals surface area contributed by atoms with E-state index in [1.54, 1.807) is 12.3 Å². The van der Waals surface area contributed by atoms with Gasteiger partial charge in [-0.15, -0.1) is 0 Å². The average Bonchev–Trinajstić information content (AvgIpc) is 2.67. The maximum atomic E-state index is 13.7. The van der Waals surface area contributed by atoms with Gasteiger partial charge in [-0.3, -0.25) is 0 Å². The highest BCUT2D eigenvalue weighted by molar-refractivity contribution is 7.89. The van der Waals surface area contributed by atoms with Crippen LogP contribution in [0.15, 0.2) is 41.4 Å². The van der Waals surface area contributed by atoms with Crippen LogP contribution in [0.25, 0.3) is 0 Å². The Bertz CT molecular complexity index is 883. The van der Waals surface area contributed by atoms with Crippen LogP contribution in [0.1, 0.15) is 12.5 Å². The monoisotopic (exact) mass is 396 g/mol. The molecule has 1 aliphatic rings. The zero-order valence-electron chi connectivity index (χ0n) is 15.0. The summed E-state index contributed by atoms with van der Waals surface area (Å²) in [7, 11) is -4.08. The molecule has 2 aromatic rings. The Morgan fingerprint density at radius 1 is 1.11 bits per heavy atom. The highest BCUT2D eigenvalue weighted by atomic mass is 32.2. The van der Waals surface area contributed by atoms with Crippen LogP contribution in [0.4, 0.5) is 14.6 Å². The molecule has 2 heterocycles. The third kappa shape index (κ3) is 4.79. The number of nitrogens with one attached hydrogen (secondary N) is 1. The molecule has 1 saturated heterocycles. The van der Waals surface area contributed by atoms with Gasteiger partial charge < -0.3 is 9.80 Å². The molecule has 1 fully saturated rings. The van der Waals surface area contributed by atoms with Crippen LogP contribution < -0.4 is 9.62 Å². The summed E-state index contributed by atoms with van der Waals surface area (Å²) in [5, 5.41) is 0. The second kappa shape index (κ2) is 8.28. The van der Waals surface area contributed by atoms with E-state index in [0.29, 0.717) is 11.6 Å². The minimum Gasteiger partial charge on any atom is -0.354 e. The van der Waals surface area contributed by atoms with Crippen LogP contribution >= 0.6 is 0 Å². The smallest absolute Gasteiger partial charge is 0.243 e. The molecule has 1 N–H and O–H groups in total. The zero-order chi connectivity index (χ0) is 19.4. The molecule has 1 aliphatic heterocycles. The first-order chi connectivity index (χ1) is 12.9. The van der Waals surface area contributed by atoms with Gasteiger partial charge in [0, 0.05) is 45.0 Å². The van der Waals surface area contributed by atoms with Crippen LogP contribution in [-0.2, 0) is 16.6 Å². The number of sulfonamides is 1. The van der Waals surface area contributed by atoms with E-state index in [2.05, 4.69) is 26.4 Å². The molecule has 146 valence electrons. The molecule has 0 aliphatic carbocycles. The van der Waals surface area contributed by atoms with Crippen LogP contribution in [-0.4, -0.2) is 51.0 Å². The molecule has 0 atom stereocenters. The highest BCUT2D eigenvalue weighted by Crippen LogP contribution is 2.17. The Balaban J connectivity index is 1.61. The summed E-state index contributed by atoms with van der Waals surface area (Å²) in [4.78, 5) is 8.38. The SMILES string of the molecule is CCN1CCN(c2ccc(CNS(=O)(=O)c3ccc(F)cc3F)cn2)CC1. The van der Waals surface area contributed by atoms with Crippen molar-refractivity contribution < 1.29 is 17.2 Å². The molecular formula is C18H22F2N4O2S. The summed E-state index contributed by atoms with van der Waals surface area (Å²) in [5.41, 5.74) is 0.650. The van der Waals surface area contributed by atoms with E-state index in [1.165, 1.54) is 0 Å². The summed E-state index contributed by atoms with van der Waals surface area (Å²) in [6, 6.07) is 6.00. The van der Waals surface area contributed by atoms with Gasteiger partial charge in [0.1, 0.15) is 22.3 Å². The third-order valence-corrected chi connectivity index (χ3v) is 6.04. The fraction of sp³-hybridized carbons (Fsp3) is 0.389. The standard InChI is InChI=1S/C18H22F2N4O2S/c1-2-23-7-9-24(10-8-23)18-6-3-14(12-21-18)13-22-27(25,26)17-5-4-15(19)11-16(17)20/h3-6,11-12,22H,2,7-10,13H2,1H3. The van der Waals surface area contributed by atoms with Crippen molar-refractivity contribution in [1.82, 2.24) is 14.6 Å². The molecule has 1 aromatic carbocycles. The molecule has 1 aromatic heterocycles. The number of aromatic nitrogens is 1. The van der Waals surface area contributed by atoms with Gasteiger partial charge in [-0.25, -0.2) is 26.9 Å². The Morgan fingerprint density at radius 3 is 2.44 bits per heavy atom. The lowest BCUT2D eigenvalue weighted by atomic mass is 10.2. The first kappa shape index (κ1) is 19.7. The van der Waals surface area contributed by atoms with Crippen molar-refractivity contribution in [3.8, 4) is 0 Å². The second-order valence-electron chi connectivity index (χ2n) is 6.35.